The van der Waals surface area contributed by atoms with E-state index in [2.05, 4.69) is 88.9 Å². The van der Waals surface area contributed by atoms with E-state index >= 15 is 0 Å². The molecule has 0 amide bonds. The third-order valence-corrected chi connectivity index (χ3v) is 10.8. The molecule has 2 atom stereocenters. The Morgan fingerprint density at radius 3 is 1.62 bits per heavy atom. The largest absolute Gasteiger partial charge is 0.356 e. The molecule has 4 nitrogen and oxygen atoms in total. The zero-order valence-electron chi connectivity index (χ0n) is 26.8. The Morgan fingerprint density at radius 1 is 0.480 bits per heavy atom. The molecule has 240 valence electrons. The van der Waals surface area contributed by atoms with Crippen molar-refractivity contribution in [2.75, 3.05) is 0 Å². The zero-order valence-corrected chi connectivity index (χ0v) is 28.3. The van der Waals surface area contributed by atoms with Crippen molar-refractivity contribution in [2.45, 2.75) is 9.87 Å². The molecule has 6 heteroatoms. The SMILES string of the molecule is ClC12C=CC(=N1)C(c1ccccc1)=c1ccc([nH]1)=C(c1ccccc1)C1=NC(=C(c3ccccc3)c3ccc([nH]3)C2(Cl)c2ccccc2)C=C1. The lowest BCUT2D eigenvalue weighted by Crippen LogP contribution is -2.41. The molecular weight excluding hydrogens is 655 g/mol. The van der Waals surface area contributed by atoms with Gasteiger partial charge >= 0.3 is 0 Å². The number of aromatic nitrogens is 2. The lowest BCUT2D eigenvalue weighted by molar-refractivity contribution is 0.569. The van der Waals surface area contributed by atoms with Crippen LogP contribution in [-0.2, 0) is 4.87 Å². The number of hydrogen-bond donors (Lipinski definition) is 2. The second-order valence-electron chi connectivity index (χ2n) is 12.5. The summed E-state index contributed by atoms with van der Waals surface area (Å²) in [5, 5.41) is 1.84. The first-order valence-corrected chi connectivity index (χ1v) is 17.3. The second-order valence-corrected chi connectivity index (χ2v) is 13.7. The van der Waals surface area contributed by atoms with Gasteiger partial charge in [0.2, 0.25) is 0 Å². The van der Waals surface area contributed by atoms with Gasteiger partial charge in [-0.1, -0.05) is 133 Å². The summed E-state index contributed by atoms with van der Waals surface area (Å²) < 4.78 is 0. The molecule has 5 heterocycles. The Morgan fingerprint density at radius 2 is 1.02 bits per heavy atom. The molecule has 0 radical (unpaired) electrons. The lowest BCUT2D eigenvalue weighted by atomic mass is 9.87. The Labute approximate surface area is 299 Å². The molecule has 2 N–H and O–H groups in total. The predicted molar refractivity (Wildman–Crippen MR) is 206 cm³/mol. The molecule has 6 aromatic rings. The molecule has 0 spiro atoms. The van der Waals surface area contributed by atoms with E-state index < -0.39 is 9.87 Å². The Hall–Kier alpha value is -5.68. The number of nitrogens with zero attached hydrogens (tertiary/aromatic N) is 2. The third-order valence-electron chi connectivity index (χ3n) is 9.55. The van der Waals surface area contributed by atoms with Crippen molar-refractivity contribution < 1.29 is 0 Å². The van der Waals surface area contributed by atoms with Crippen LogP contribution in [0.1, 0.15) is 33.6 Å². The van der Waals surface area contributed by atoms with Gasteiger partial charge in [-0.05, 0) is 70.8 Å². The van der Waals surface area contributed by atoms with Crippen LogP contribution in [0.4, 0.5) is 0 Å². The minimum atomic E-state index is -1.38. The average molecular weight is 686 g/mol. The first-order valence-electron chi connectivity index (χ1n) is 16.6. The first-order chi connectivity index (χ1) is 24.5. The molecular formula is C44H30Cl2N4. The normalized spacial score (nSPS) is 21.1. The second kappa shape index (κ2) is 12.0. The van der Waals surface area contributed by atoms with Gasteiger partial charge in [0.15, 0.2) is 9.87 Å². The molecule has 3 aliphatic heterocycles. The van der Waals surface area contributed by atoms with E-state index in [1.54, 1.807) is 0 Å². The van der Waals surface area contributed by atoms with E-state index in [0.717, 1.165) is 78.2 Å². The van der Waals surface area contributed by atoms with Crippen LogP contribution < -0.4 is 10.7 Å². The summed E-state index contributed by atoms with van der Waals surface area (Å²) in [7, 11) is 0. The summed E-state index contributed by atoms with van der Waals surface area (Å²) in [5.41, 5.74) is 10.8. The molecule has 2 aromatic heterocycles. The summed E-state index contributed by atoms with van der Waals surface area (Å²) in [6.07, 6.45) is 8.10. The number of aliphatic imine (C=N–C) groups is 2. The van der Waals surface area contributed by atoms with Crippen LogP contribution in [0.3, 0.4) is 0 Å². The highest BCUT2D eigenvalue weighted by atomic mass is 35.5. The smallest absolute Gasteiger partial charge is 0.181 e. The number of benzene rings is 4. The van der Waals surface area contributed by atoms with Crippen molar-refractivity contribution in [2.24, 2.45) is 9.98 Å². The third kappa shape index (κ3) is 4.91. The van der Waals surface area contributed by atoms with Crippen LogP contribution >= 0.6 is 23.2 Å². The van der Waals surface area contributed by atoms with E-state index in [0.29, 0.717) is 0 Å². The summed E-state index contributed by atoms with van der Waals surface area (Å²) in [5.74, 6) is 0. The summed E-state index contributed by atoms with van der Waals surface area (Å²) in [4.78, 5) is 15.4. The fourth-order valence-electron chi connectivity index (χ4n) is 7.19. The number of allylic oxidation sites excluding steroid dienone is 3. The molecule has 50 heavy (non-hydrogen) atoms. The summed E-state index contributed by atoms with van der Waals surface area (Å²) in [6.45, 7) is 0. The Balaban J connectivity index is 1.42. The van der Waals surface area contributed by atoms with Gasteiger partial charge in [0.05, 0.1) is 17.1 Å². The van der Waals surface area contributed by atoms with Gasteiger partial charge in [-0.2, -0.15) is 0 Å². The molecule has 0 saturated heterocycles. The average Bonchev–Trinajstić information content (AvgIpc) is 4.00. The van der Waals surface area contributed by atoms with Gasteiger partial charge in [-0.25, -0.2) is 4.99 Å². The number of hydrogen-bond acceptors (Lipinski definition) is 2. The number of fused-ring (bicyclic) bond motifs is 6. The van der Waals surface area contributed by atoms with Gasteiger partial charge < -0.3 is 9.97 Å². The monoisotopic (exact) mass is 684 g/mol. The van der Waals surface area contributed by atoms with Crippen molar-refractivity contribution in [3.05, 3.63) is 220 Å². The number of aromatic amines is 2. The van der Waals surface area contributed by atoms with Gasteiger partial charge in [-0.3, -0.25) is 4.99 Å². The van der Waals surface area contributed by atoms with E-state index in [4.69, 9.17) is 33.2 Å². The maximum absolute atomic E-state index is 7.92. The predicted octanol–water partition coefficient (Wildman–Crippen LogP) is 8.65. The fraction of sp³-hybridized carbons (Fsp3) is 0.0455. The van der Waals surface area contributed by atoms with Gasteiger partial charge in [0.1, 0.15) is 0 Å². The summed E-state index contributed by atoms with van der Waals surface area (Å²) >= 11 is 15.6. The van der Waals surface area contributed by atoms with Gasteiger partial charge in [0, 0.05) is 38.8 Å². The fourth-order valence-corrected chi connectivity index (χ4v) is 7.90. The van der Waals surface area contributed by atoms with Crippen LogP contribution in [0.25, 0.3) is 16.7 Å². The molecule has 4 aromatic carbocycles. The van der Waals surface area contributed by atoms with E-state index in [9.17, 15) is 0 Å². The number of H-pyrrole nitrogens is 2. The van der Waals surface area contributed by atoms with Crippen LogP contribution in [0.5, 0.6) is 0 Å². The molecule has 0 fully saturated rings. The number of alkyl halides is 2. The minimum Gasteiger partial charge on any atom is -0.356 e. The molecule has 8 bridgehead atoms. The highest BCUT2D eigenvalue weighted by Crippen LogP contribution is 2.53. The number of halogens is 2. The maximum atomic E-state index is 7.92. The quantitative estimate of drug-likeness (QED) is 0.138. The van der Waals surface area contributed by atoms with Crippen molar-refractivity contribution in [1.29, 1.82) is 0 Å². The zero-order chi connectivity index (χ0) is 33.7. The van der Waals surface area contributed by atoms with E-state index in [1.165, 1.54) is 0 Å². The molecule has 9 rings (SSSR count). The van der Waals surface area contributed by atoms with Crippen molar-refractivity contribution in [3.63, 3.8) is 0 Å². The molecule has 0 saturated carbocycles. The first kappa shape index (κ1) is 30.4. The lowest BCUT2D eigenvalue weighted by Gasteiger charge is -2.36. The van der Waals surface area contributed by atoms with Crippen molar-refractivity contribution in [3.8, 4) is 0 Å². The van der Waals surface area contributed by atoms with Crippen LogP contribution in [-0.4, -0.2) is 26.4 Å². The molecule has 2 unspecified atom stereocenters. The van der Waals surface area contributed by atoms with Crippen LogP contribution in [0, 0.1) is 0 Å². The van der Waals surface area contributed by atoms with E-state index in [-0.39, 0.29) is 0 Å². The van der Waals surface area contributed by atoms with Crippen molar-refractivity contribution >= 4 is 51.3 Å². The molecule has 0 aliphatic carbocycles. The topological polar surface area (TPSA) is 56.3 Å². The highest BCUT2D eigenvalue weighted by molar-refractivity contribution is 6.40. The van der Waals surface area contributed by atoms with Crippen molar-refractivity contribution in [1.82, 2.24) is 9.97 Å². The minimum absolute atomic E-state index is 0.720. The standard InChI is InChI=1S/C44H30Cl2N4/c45-43-28-27-38(50-43)42(31-17-9-3-10-18-31)36-24-23-34(48-36)40(29-13-5-1-6-14-29)33-21-22-35(47-33)41(30-15-7-2-8-16-30)37-25-26-39(49-37)44(43,46)32-19-11-4-12-20-32/h1-28,48-49H. The molecule has 3 aliphatic rings. The van der Waals surface area contributed by atoms with Crippen LogP contribution in [0.15, 0.2) is 186 Å². The summed E-state index contributed by atoms with van der Waals surface area (Å²) in [6, 6.07) is 49.2. The highest BCUT2D eigenvalue weighted by Gasteiger charge is 2.53. The number of rotatable bonds is 4. The van der Waals surface area contributed by atoms with E-state index in [1.807, 2.05) is 91.0 Å². The maximum Gasteiger partial charge on any atom is 0.181 e. The number of nitrogens with one attached hydrogen (secondary N) is 2. The van der Waals surface area contributed by atoms with Gasteiger partial charge in [-0.15, -0.1) is 11.6 Å². The van der Waals surface area contributed by atoms with Gasteiger partial charge in [0.25, 0.3) is 0 Å². The Kier molecular flexibility index (Phi) is 7.31. The Bertz CT molecular complexity index is 2540. The van der Waals surface area contributed by atoms with Crippen LogP contribution in [0.2, 0.25) is 0 Å².